The Morgan fingerprint density at radius 3 is 2.68 bits per heavy atom. The molecule has 1 amide bonds. The van der Waals surface area contributed by atoms with Gasteiger partial charge in [0.1, 0.15) is 11.6 Å². The lowest BCUT2D eigenvalue weighted by Crippen LogP contribution is -2.45. The Balaban J connectivity index is 1.45. The number of methoxy groups -OCH3 is 1. The Hall–Kier alpha value is -3.40. The molecule has 4 aromatic rings. The highest BCUT2D eigenvalue weighted by atomic mass is 32.1. The zero-order chi connectivity index (χ0) is 23.8. The minimum absolute atomic E-state index is 0.162. The molecule has 1 unspecified atom stereocenters. The first kappa shape index (κ1) is 22.4. The fourth-order valence-electron chi connectivity index (χ4n) is 4.32. The maximum absolute atomic E-state index is 13.7. The second-order valence-corrected chi connectivity index (χ2v) is 9.15. The van der Waals surface area contributed by atoms with Crippen LogP contribution in [0.25, 0.3) is 21.5 Å². The molecule has 0 radical (unpaired) electrons. The van der Waals surface area contributed by atoms with Crippen LogP contribution in [0.3, 0.4) is 0 Å². The van der Waals surface area contributed by atoms with Gasteiger partial charge in [-0.2, -0.15) is 4.98 Å². The molecule has 2 aromatic heterocycles. The molecule has 34 heavy (non-hydrogen) atoms. The smallest absolute Gasteiger partial charge is 0.274 e. The monoisotopic (exact) mass is 486 g/mol. The number of piperidine rings is 1. The third-order valence-corrected chi connectivity index (χ3v) is 7.05. The standard InChI is InChI=1S/C24H21F3N4O2S/c1-33-24-30-21(22(34-24)13-5-7-14(25)8-6-13)23(32)31-9-3-2-4-15(31)10-20-28-18-11-16(26)17(27)12-19(18)29-20/h5-8,11-12,15H,2-4,9-10H2,1H3,(H,28,29). The summed E-state index contributed by atoms with van der Waals surface area (Å²) in [6, 6.07) is 7.88. The second-order valence-electron chi connectivity index (χ2n) is 8.19. The second kappa shape index (κ2) is 9.09. The van der Waals surface area contributed by atoms with E-state index >= 15 is 0 Å². The molecule has 0 aliphatic carbocycles. The maximum Gasteiger partial charge on any atom is 0.274 e. The fourth-order valence-corrected chi connectivity index (χ4v) is 5.20. The number of hydrogen-bond acceptors (Lipinski definition) is 5. The summed E-state index contributed by atoms with van der Waals surface area (Å²) in [5.74, 6) is -1.94. The van der Waals surface area contributed by atoms with E-state index < -0.39 is 11.6 Å². The molecule has 6 nitrogen and oxygen atoms in total. The molecule has 1 fully saturated rings. The molecule has 0 saturated carbocycles. The van der Waals surface area contributed by atoms with Gasteiger partial charge in [0.15, 0.2) is 17.3 Å². The van der Waals surface area contributed by atoms with Crippen LogP contribution in [-0.4, -0.2) is 45.5 Å². The topological polar surface area (TPSA) is 71.1 Å². The van der Waals surface area contributed by atoms with Crippen LogP contribution in [0.5, 0.6) is 5.19 Å². The number of aromatic amines is 1. The van der Waals surface area contributed by atoms with Gasteiger partial charge in [-0.25, -0.2) is 18.2 Å². The maximum atomic E-state index is 13.7. The molecule has 1 saturated heterocycles. The summed E-state index contributed by atoms with van der Waals surface area (Å²) >= 11 is 1.23. The van der Waals surface area contributed by atoms with Crippen molar-refractivity contribution in [3.05, 3.63) is 65.4 Å². The first-order chi connectivity index (χ1) is 16.4. The lowest BCUT2D eigenvalue weighted by atomic mass is 9.98. The molecule has 2 aromatic carbocycles. The van der Waals surface area contributed by atoms with Gasteiger partial charge >= 0.3 is 0 Å². The molecular formula is C24H21F3N4O2S. The number of carbonyl (C=O) groups excluding carboxylic acids is 1. The molecule has 176 valence electrons. The number of hydrogen-bond donors (Lipinski definition) is 1. The van der Waals surface area contributed by atoms with Crippen LogP contribution in [0.2, 0.25) is 0 Å². The Bertz CT molecular complexity index is 1310. The minimum Gasteiger partial charge on any atom is -0.473 e. The van der Waals surface area contributed by atoms with Crippen molar-refractivity contribution in [3.8, 4) is 15.6 Å². The van der Waals surface area contributed by atoms with Gasteiger partial charge in [0.2, 0.25) is 0 Å². The number of imidazole rings is 1. The predicted molar refractivity (Wildman–Crippen MR) is 122 cm³/mol. The molecule has 1 N–H and O–H groups in total. The van der Waals surface area contributed by atoms with Gasteiger partial charge in [0, 0.05) is 31.1 Å². The lowest BCUT2D eigenvalue weighted by Gasteiger charge is -2.35. The number of rotatable bonds is 5. The van der Waals surface area contributed by atoms with Crippen molar-refractivity contribution in [2.75, 3.05) is 13.7 Å². The van der Waals surface area contributed by atoms with Crippen LogP contribution >= 0.6 is 11.3 Å². The zero-order valence-corrected chi connectivity index (χ0v) is 19.1. The molecule has 3 heterocycles. The van der Waals surface area contributed by atoms with Crippen LogP contribution in [0.4, 0.5) is 13.2 Å². The number of halogens is 3. The number of fused-ring (bicyclic) bond motifs is 1. The number of thiazole rings is 1. The Kier molecular flexibility index (Phi) is 5.99. The van der Waals surface area contributed by atoms with Crippen LogP contribution in [0.15, 0.2) is 36.4 Å². The number of ether oxygens (including phenoxy) is 1. The number of nitrogens with one attached hydrogen (secondary N) is 1. The van der Waals surface area contributed by atoms with Crippen molar-refractivity contribution in [1.29, 1.82) is 0 Å². The van der Waals surface area contributed by atoms with Gasteiger partial charge in [0.25, 0.3) is 11.1 Å². The van der Waals surface area contributed by atoms with Crippen molar-refractivity contribution in [3.63, 3.8) is 0 Å². The summed E-state index contributed by atoms with van der Waals surface area (Å²) in [4.78, 5) is 27.9. The Morgan fingerprint density at radius 2 is 1.91 bits per heavy atom. The zero-order valence-electron chi connectivity index (χ0n) is 18.3. The van der Waals surface area contributed by atoms with Gasteiger partial charge < -0.3 is 14.6 Å². The summed E-state index contributed by atoms with van der Waals surface area (Å²) in [6.45, 7) is 0.551. The van der Waals surface area contributed by atoms with Gasteiger partial charge in [0.05, 0.1) is 23.0 Å². The van der Waals surface area contributed by atoms with Crippen molar-refractivity contribution >= 4 is 28.3 Å². The molecule has 1 atom stereocenters. The average Bonchev–Trinajstić information content (AvgIpc) is 3.43. The van der Waals surface area contributed by atoms with E-state index in [1.807, 2.05) is 0 Å². The molecule has 0 spiro atoms. The van der Waals surface area contributed by atoms with Crippen LogP contribution in [0, 0.1) is 17.5 Å². The highest BCUT2D eigenvalue weighted by Crippen LogP contribution is 2.36. The average molecular weight is 487 g/mol. The lowest BCUT2D eigenvalue weighted by molar-refractivity contribution is 0.0606. The van der Waals surface area contributed by atoms with Crippen molar-refractivity contribution in [1.82, 2.24) is 19.9 Å². The minimum atomic E-state index is -0.953. The van der Waals surface area contributed by atoms with Crippen molar-refractivity contribution in [2.45, 2.75) is 31.7 Å². The third-order valence-electron chi connectivity index (χ3n) is 5.98. The normalized spacial score (nSPS) is 16.2. The van der Waals surface area contributed by atoms with Crippen LogP contribution < -0.4 is 4.74 Å². The van der Waals surface area contributed by atoms with E-state index in [0.717, 1.165) is 31.4 Å². The number of H-pyrrole nitrogens is 1. The third kappa shape index (κ3) is 4.25. The fraction of sp³-hybridized carbons (Fsp3) is 0.292. The summed E-state index contributed by atoms with van der Waals surface area (Å²) in [5, 5.41) is 0.345. The summed E-state index contributed by atoms with van der Waals surface area (Å²) < 4.78 is 45.9. The van der Waals surface area contributed by atoms with E-state index in [1.165, 1.54) is 30.6 Å². The largest absolute Gasteiger partial charge is 0.473 e. The van der Waals surface area contributed by atoms with E-state index in [0.29, 0.717) is 45.5 Å². The van der Waals surface area contributed by atoms with E-state index in [9.17, 15) is 18.0 Å². The highest BCUT2D eigenvalue weighted by molar-refractivity contribution is 7.17. The van der Waals surface area contributed by atoms with E-state index in [4.69, 9.17) is 4.74 Å². The van der Waals surface area contributed by atoms with Gasteiger partial charge in [-0.15, -0.1) is 0 Å². The van der Waals surface area contributed by atoms with Gasteiger partial charge in [-0.1, -0.05) is 23.5 Å². The van der Waals surface area contributed by atoms with E-state index in [1.54, 1.807) is 17.0 Å². The van der Waals surface area contributed by atoms with E-state index in [2.05, 4.69) is 15.0 Å². The number of nitrogens with zero attached hydrogens (tertiary/aromatic N) is 3. The van der Waals surface area contributed by atoms with Gasteiger partial charge in [-0.3, -0.25) is 4.79 Å². The number of aromatic nitrogens is 3. The summed E-state index contributed by atoms with van der Waals surface area (Å²) in [6.07, 6.45) is 2.98. The van der Waals surface area contributed by atoms with Crippen molar-refractivity contribution < 1.29 is 22.7 Å². The van der Waals surface area contributed by atoms with Crippen LogP contribution in [-0.2, 0) is 6.42 Å². The molecule has 10 heteroatoms. The van der Waals surface area contributed by atoms with Crippen molar-refractivity contribution in [2.24, 2.45) is 0 Å². The number of benzene rings is 2. The highest BCUT2D eigenvalue weighted by Gasteiger charge is 2.32. The predicted octanol–water partition coefficient (Wildman–Crippen LogP) is 5.35. The molecule has 1 aliphatic heterocycles. The first-order valence-corrected chi connectivity index (χ1v) is 11.7. The number of likely N-dealkylation sites (tertiary alicyclic amines) is 1. The summed E-state index contributed by atoms with van der Waals surface area (Å²) in [7, 11) is 1.48. The van der Waals surface area contributed by atoms with Gasteiger partial charge in [-0.05, 0) is 37.0 Å². The Labute approximate surface area is 197 Å². The number of carbonyl (C=O) groups is 1. The molecule has 0 bridgehead atoms. The van der Waals surface area contributed by atoms with E-state index in [-0.39, 0.29) is 23.5 Å². The molecule has 5 rings (SSSR count). The van der Waals surface area contributed by atoms with Crippen LogP contribution in [0.1, 0.15) is 35.6 Å². The quantitative estimate of drug-likeness (QED) is 0.413. The first-order valence-electron chi connectivity index (χ1n) is 10.9. The number of amides is 1. The molecule has 1 aliphatic rings. The Morgan fingerprint density at radius 1 is 1.15 bits per heavy atom. The molecular weight excluding hydrogens is 465 g/mol. The summed E-state index contributed by atoms with van der Waals surface area (Å²) in [5.41, 5.74) is 1.69. The SMILES string of the molecule is COc1nc(C(=O)N2CCCCC2Cc2nc3cc(F)c(F)cc3[nH]2)c(-c2ccc(F)cc2)s1.